The van der Waals surface area contributed by atoms with Gasteiger partial charge in [-0.25, -0.2) is 0 Å². The number of phenols is 4. The molecule has 1 aromatic heterocycles. The van der Waals surface area contributed by atoms with Crippen molar-refractivity contribution in [3.05, 3.63) is 40.6 Å². The normalized spacial score (nSPS) is 10.8. The number of aromatic hydroxyl groups is 4. The molecule has 0 unspecified atom stereocenters. The summed E-state index contributed by atoms with van der Waals surface area (Å²) in [4.78, 5) is 12.3. The van der Waals surface area contributed by atoms with E-state index in [0.717, 1.165) is 6.07 Å². The van der Waals surface area contributed by atoms with Crippen molar-refractivity contribution in [3.63, 3.8) is 0 Å². The lowest BCUT2D eigenvalue weighted by Gasteiger charge is -2.11. The maximum atomic E-state index is 12.3. The molecule has 0 saturated carbocycles. The van der Waals surface area contributed by atoms with Crippen molar-refractivity contribution >= 4 is 11.0 Å². The van der Waals surface area contributed by atoms with E-state index in [9.17, 15) is 25.2 Å². The Morgan fingerprint density at radius 1 is 0.957 bits per heavy atom. The lowest BCUT2D eigenvalue weighted by molar-refractivity contribution is 0.330. The highest BCUT2D eigenvalue weighted by atomic mass is 16.5. The summed E-state index contributed by atoms with van der Waals surface area (Å²) in [5.74, 6) is -2.35. The van der Waals surface area contributed by atoms with Crippen LogP contribution in [0.3, 0.4) is 0 Å². The van der Waals surface area contributed by atoms with Crippen molar-refractivity contribution in [2.45, 2.75) is 0 Å². The first-order valence-electron chi connectivity index (χ1n) is 6.52. The van der Waals surface area contributed by atoms with E-state index in [2.05, 4.69) is 0 Å². The van der Waals surface area contributed by atoms with Gasteiger partial charge in [-0.15, -0.1) is 0 Å². The molecular formula is C16H12O7. The Kier molecular flexibility index (Phi) is 3.25. The van der Waals surface area contributed by atoms with E-state index in [1.807, 2.05) is 0 Å². The van der Waals surface area contributed by atoms with Crippen LogP contribution in [0.2, 0.25) is 0 Å². The summed E-state index contributed by atoms with van der Waals surface area (Å²) in [6, 6.07) is 6.97. The van der Waals surface area contributed by atoms with Gasteiger partial charge in [0.2, 0.25) is 17.2 Å². The van der Waals surface area contributed by atoms with Gasteiger partial charge in [0.05, 0.1) is 7.11 Å². The number of phenolic OH excluding ortho intramolecular Hbond substituents is 4. The van der Waals surface area contributed by atoms with Crippen LogP contribution >= 0.6 is 0 Å². The van der Waals surface area contributed by atoms with Crippen molar-refractivity contribution in [3.8, 4) is 40.1 Å². The first-order chi connectivity index (χ1) is 10.9. The van der Waals surface area contributed by atoms with E-state index in [1.54, 1.807) is 0 Å². The summed E-state index contributed by atoms with van der Waals surface area (Å²) in [6.07, 6.45) is 0. The fraction of sp³-hybridized carbons (Fsp3) is 0.0625. The van der Waals surface area contributed by atoms with E-state index in [0.29, 0.717) is 5.56 Å². The minimum Gasteiger partial charge on any atom is -0.508 e. The lowest BCUT2D eigenvalue weighted by Crippen LogP contribution is -2.02. The van der Waals surface area contributed by atoms with Crippen LogP contribution in [0.25, 0.3) is 22.3 Å². The number of ether oxygens (including phenoxy) is 1. The second-order valence-electron chi connectivity index (χ2n) is 4.80. The smallest absolute Gasteiger partial charge is 0.208 e. The van der Waals surface area contributed by atoms with Crippen LogP contribution in [-0.4, -0.2) is 27.5 Å². The molecule has 3 aromatic rings. The van der Waals surface area contributed by atoms with Crippen molar-refractivity contribution in [2.75, 3.05) is 7.11 Å². The van der Waals surface area contributed by atoms with Gasteiger partial charge in [0.1, 0.15) is 16.9 Å². The number of fused-ring (bicyclic) bond motifs is 1. The van der Waals surface area contributed by atoms with Gasteiger partial charge in [-0.2, -0.15) is 0 Å². The molecule has 0 saturated heterocycles. The van der Waals surface area contributed by atoms with Gasteiger partial charge in [-0.1, -0.05) is 0 Å². The fourth-order valence-electron chi connectivity index (χ4n) is 2.29. The summed E-state index contributed by atoms with van der Waals surface area (Å²) >= 11 is 0. The molecule has 1 heterocycles. The number of methoxy groups -OCH3 is 1. The van der Waals surface area contributed by atoms with E-state index >= 15 is 0 Å². The van der Waals surface area contributed by atoms with Crippen LogP contribution in [0.5, 0.6) is 28.7 Å². The third-order valence-corrected chi connectivity index (χ3v) is 3.41. The van der Waals surface area contributed by atoms with Gasteiger partial charge in [-0.05, 0) is 24.3 Å². The standard InChI is InChI=1S/C16H12O7/c1-22-16-12(19)11-9(18)6-10(7-2-4-8(17)5-3-7)23-15(11)13(20)14(16)21/h2-6,17,19-21H,1H3. The summed E-state index contributed by atoms with van der Waals surface area (Å²) in [5, 5.41) is 38.9. The Bertz CT molecular complexity index is 955. The third kappa shape index (κ3) is 2.18. The SMILES string of the molecule is COc1c(O)c(O)c2oc(-c3ccc(O)cc3)cc(=O)c2c1O. The molecule has 7 nitrogen and oxygen atoms in total. The highest BCUT2D eigenvalue weighted by Gasteiger charge is 2.24. The zero-order valence-corrected chi connectivity index (χ0v) is 11.9. The zero-order valence-electron chi connectivity index (χ0n) is 11.9. The fourth-order valence-corrected chi connectivity index (χ4v) is 2.29. The van der Waals surface area contributed by atoms with E-state index in [4.69, 9.17) is 9.15 Å². The zero-order chi connectivity index (χ0) is 16.7. The molecule has 0 atom stereocenters. The lowest BCUT2D eigenvalue weighted by atomic mass is 10.1. The van der Waals surface area contributed by atoms with Gasteiger partial charge in [0.15, 0.2) is 16.8 Å². The first kappa shape index (κ1) is 14.6. The Morgan fingerprint density at radius 2 is 1.61 bits per heavy atom. The topological polar surface area (TPSA) is 120 Å². The molecule has 0 aliphatic rings. The predicted molar refractivity (Wildman–Crippen MR) is 81.1 cm³/mol. The van der Waals surface area contributed by atoms with E-state index in [-0.39, 0.29) is 22.5 Å². The Balaban J connectivity index is 2.37. The second kappa shape index (κ2) is 5.13. The highest BCUT2D eigenvalue weighted by Crippen LogP contribution is 2.48. The van der Waals surface area contributed by atoms with Gasteiger partial charge in [0, 0.05) is 11.6 Å². The Labute approximate surface area is 129 Å². The van der Waals surface area contributed by atoms with Crippen LogP contribution in [0.1, 0.15) is 0 Å². The second-order valence-corrected chi connectivity index (χ2v) is 4.80. The molecule has 3 rings (SSSR count). The predicted octanol–water partition coefficient (Wildman–Crippen LogP) is 2.29. The van der Waals surface area contributed by atoms with Gasteiger partial charge < -0.3 is 29.6 Å². The van der Waals surface area contributed by atoms with Gasteiger partial charge >= 0.3 is 0 Å². The largest absolute Gasteiger partial charge is 0.508 e. The molecule has 0 radical (unpaired) electrons. The van der Waals surface area contributed by atoms with Crippen LogP contribution in [-0.2, 0) is 0 Å². The number of hydrogen-bond donors (Lipinski definition) is 4. The summed E-state index contributed by atoms with van der Waals surface area (Å²) in [7, 11) is 1.17. The van der Waals surface area contributed by atoms with Crippen molar-refractivity contribution in [1.82, 2.24) is 0 Å². The minimum absolute atomic E-state index is 0.0414. The van der Waals surface area contributed by atoms with Crippen LogP contribution in [0, 0.1) is 0 Å². The van der Waals surface area contributed by atoms with Crippen molar-refractivity contribution in [2.24, 2.45) is 0 Å². The molecule has 7 heteroatoms. The Hall–Kier alpha value is -3.35. The maximum absolute atomic E-state index is 12.3. The van der Waals surface area contributed by atoms with Crippen LogP contribution < -0.4 is 10.2 Å². The molecule has 0 aliphatic heterocycles. The molecule has 4 N–H and O–H groups in total. The average molecular weight is 316 g/mol. The van der Waals surface area contributed by atoms with E-state index in [1.165, 1.54) is 31.4 Å². The van der Waals surface area contributed by atoms with Gasteiger partial charge in [0.25, 0.3) is 0 Å². The molecule has 0 spiro atoms. The minimum atomic E-state index is -0.733. The Morgan fingerprint density at radius 3 is 2.22 bits per heavy atom. The molecule has 0 aliphatic carbocycles. The summed E-state index contributed by atoms with van der Waals surface area (Å²) in [6.45, 7) is 0. The molecule has 0 fully saturated rings. The van der Waals surface area contributed by atoms with E-state index < -0.39 is 28.4 Å². The summed E-state index contributed by atoms with van der Waals surface area (Å²) in [5.41, 5.74) is -0.521. The maximum Gasteiger partial charge on any atom is 0.208 e. The van der Waals surface area contributed by atoms with Gasteiger partial charge in [-0.3, -0.25) is 4.79 Å². The molecule has 23 heavy (non-hydrogen) atoms. The average Bonchev–Trinajstić information content (AvgIpc) is 2.53. The molecule has 0 bridgehead atoms. The van der Waals surface area contributed by atoms with Crippen molar-refractivity contribution < 1.29 is 29.6 Å². The quantitative estimate of drug-likeness (QED) is 0.423. The molecular weight excluding hydrogens is 304 g/mol. The molecule has 118 valence electrons. The summed E-state index contributed by atoms with van der Waals surface area (Å²) < 4.78 is 10.2. The number of hydrogen-bond acceptors (Lipinski definition) is 7. The number of rotatable bonds is 2. The number of benzene rings is 2. The van der Waals surface area contributed by atoms with Crippen LogP contribution in [0.15, 0.2) is 39.5 Å². The highest BCUT2D eigenvalue weighted by molar-refractivity contribution is 5.94. The molecule has 2 aromatic carbocycles. The van der Waals surface area contributed by atoms with Crippen LogP contribution in [0.4, 0.5) is 0 Å². The monoisotopic (exact) mass is 316 g/mol. The molecule has 0 amide bonds. The third-order valence-electron chi connectivity index (χ3n) is 3.41. The van der Waals surface area contributed by atoms with Crippen molar-refractivity contribution in [1.29, 1.82) is 0 Å². The first-order valence-corrected chi connectivity index (χ1v) is 6.52.